The normalized spacial score (nSPS) is 19.8. The van der Waals surface area contributed by atoms with Gasteiger partial charge in [0.05, 0.1) is 5.56 Å². The summed E-state index contributed by atoms with van der Waals surface area (Å²) in [6.07, 6.45) is 11.3. The van der Waals surface area contributed by atoms with Gasteiger partial charge in [-0.15, -0.1) is 5.10 Å². The van der Waals surface area contributed by atoms with E-state index in [9.17, 15) is 4.79 Å². The lowest BCUT2D eigenvalue weighted by atomic mass is 9.97. The SMILES string of the molecule is O=C(NC1CCN(CC2=CCCCC2)CC1)c1cccn2nnnc12. The summed E-state index contributed by atoms with van der Waals surface area (Å²) in [6.45, 7) is 3.18. The monoisotopic (exact) mass is 340 g/mol. The molecule has 2 aromatic heterocycles. The first-order valence-electron chi connectivity index (χ1n) is 9.17. The first-order valence-corrected chi connectivity index (χ1v) is 9.17. The summed E-state index contributed by atoms with van der Waals surface area (Å²) in [5.41, 5.74) is 2.63. The Hall–Kier alpha value is -2.28. The molecule has 1 aliphatic carbocycles. The van der Waals surface area contributed by atoms with Crippen molar-refractivity contribution in [1.82, 2.24) is 30.3 Å². The Morgan fingerprint density at radius 3 is 2.96 bits per heavy atom. The topological polar surface area (TPSA) is 75.4 Å². The van der Waals surface area contributed by atoms with Crippen LogP contribution in [0.5, 0.6) is 0 Å². The van der Waals surface area contributed by atoms with Crippen LogP contribution in [-0.4, -0.2) is 56.5 Å². The predicted molar refractivity (Wildman–Crippen MR) is 94.3 cm³/mol. The number of fused-ring (bicyclic) bond motifs is 1. The van der Waals surface area contributed by atoms with Gasteiger partial charge in [-0.2, -0.15) is 4.52 Å². The summed E-state index contributed by atoms with van der Waals surface area (Å²) in [5.74, 6) is -0.0890. The number of carbonyl (C=O) groups is 1. The van der Waals surface area contributed by atoms with E-state index >= 15 is 0 Å². The minimum Gasteiger partial charge on any atom is -0.349 e. The fourth-order valence-electron chi connectivity index (χ4n) is 3.78. The summed E-state index contributed by atoms with van der Waals surface area (Å²) in [4.78, 5) is 15.1. The zero-order valence-electron chi connectivity index (χ0n) is 14.4. The Labute approximate surface area is 147 Å². The maximum atomic E-state index is 12.6. The van der Waals surface area contributed by atoms with Crippen LogP contribution in [0.1, 0.15) is 48.9 Å². The van der Waals surface area contributed by atoms with Crippen molar-refractivity contribution in [3.8, 4) is 0 Å². The Bertz CT molecular complexity index is 775. The third-order valence-corrected chi connectivity index (χ3v) is 5.20. The minimum atomic E-state index is -0.0890. The highest BCUT2D eigenvalue weighted by molar-refractivity contribution is 5.99. The van der Waals surface area contributed by atoms with Crippen LogP contribution in [0, 0.1) is 0 Å². The number of hydrogen-bond acceptors (Lipinski definition) is 5. The molecular weight excluding hydrogens is 316 g/mol. The van der Waals surface area contributed by atoms with E-state index in [2.05, 4.69) is 31.8 Å². The van der Waals surface area contributed by atoms with E-state index in [-0.39, 0.29) is 11.9 Å². The van der Waals surface area contributed by atoms with Crippen LogP contribution in [0.15, 0.2) is 30.0 Å². The van der Waals surface area contributed by atoms with Crippen molar-refractivity contribution in [2.75, 3.05) is 19.6 Å². The molecule has 0 aromatic carbocycles. The largest absolute Gasteiger partial charge is 0.349 e. The van der Waals surface area contributed by atoms with Crippen LogP contribution in [-0.2, 0) is 0 Å². The number of allylic oxidation sites excluding steroid dienone is 1. The highest BCUT2D eigenvalue weighted by atomic mass is 16.1. The van der Waals surface area contributed by atoms with E-state index in [1.54, 1.807) is 23.9 Å². The molecule has 2 aromatic rings. The third kappa shape index (κ3) is 3.71. The van der Waals surface area contributed by atoms with Gasteiger partial charge >= 0.3 is 0 Å². The highest BCUT2D eigenvalue weighted by Crippen LogP contribution is 2.20. The molecule has 7 heteroatoms. The molecular formula is C18H24N6O. The molecule has 1 fully saturated rings. The fraction of sp³-hybridized carbons (Fsp3) is 0.556. The van der Waals surface area contributed by atoms with E-state index in [1.165, 1.54) is 30.2 Å². The molecule has 3 heterocycles. The molecule has 1 N–H and O–H groups in total. The summed E-state index contributed by atoms with van der Waals surface area (Å²) < 4.78 is 1.52. The maximum absolute atomic E-state index is 12.6. The zero-order chi connectivity index (χ0) is 17.1. The molecule has 0 radical (unpaired) electrons. The standard InChI is InChI=1S/C18H24N6O/c25-18(16-7-4-10-24-17(16)20-21-22-24)19-15-8-11-23(12-9-15)13-14-5-2-1-3-6-14/h4-5,7,10,15H,1-3,6,8-9,11-13H2,(H,19,25). The smallest absolute Gasteiger partial charge is 0.255 e. The Kier molecular flexibility index (Phi) is 4.74. The number of nitrogens with one attached hydrogen (secondary N) is 1. The summed E-state index contributed by atoms with van der Waals surface area (Å²) in [7, 11) is 0. The average molecular weight is 340 g/mol. The molecule has 132 valence electrons. The van der Waals surface area contributed by atoms with Crippen LogP contribution in [0.4, 0.5) is 0 Å². The molecule has 4 rings (SSSR count). The van der Waals surface area contributed by atoms with Gasteiger partial charge in [-0.1, -0.05) is 11.6 Å². The molecule has 0 spiro atoms. The zero-order valence-corrected chi connectivity index (χ0v) is 14.4. The van der Waals surface area contributed by atoms with Crippen molar-refractivity contribution < 1.29 is 4.79 Å². The molecule has 0 bridgehead atoms. The van der Waals surface area contributed by atoms with Crippen LogP contribution < -0.4 is 5.32 Å². The number of nitrogens with zero attached hydrogens (tertiary/aromatic N) is 5. The second-order valence-electron chi connectivity index (χ2n) is 7.00. The number of piperidine rings is 1. The quantitative estimate of drug-likeness (QED) is 0.859. The molecule has 1 saturated heterocycles. The number of pyridine rings is 1. The number of likely N-dealkylation sites (tertiary alicyclic amines) is 1. The second-order valence-corrected chi connectivity index (χ2v) is 7.00. The van der Waals surface area contributed by atoms with E-state index in [4.69, 9.17) is 0 Å². The van der Waals surface area contributed by atoms with Gasteiger partial charge in [0.2, 0.25) is 0 Å². The lowest BCUT2D eigenvalue weighted by molar-refractivity contribution is 0.0914. The number of tetrazole rings is 1. The van der Waals surface area contributed by atoms with Gasteiger partial charge in [0, 0.05) is 31.9 Å². The number of carbonyl (C=O) groups excluding carboxylic acids is 1. The van der Waals surface area contributed by atoms with Crippen LogP contribution in [0.25, 0.3) is 5.65 Å². The van der Waals surface area contributed by atoms with E-state index in [1.807, 2.05) is 0 Å². The van der Waals surface area contributed by atoms with Gasteiger partial charge < -0.3 is 5.32 Å². The van der Waals surface area contributed by atoms with Crippen LogP contribution in [0.2, 0.25) is 0 Å². The predicted octanol–water partition coefficient (Wildman–Crippen LogP) is 1.82. The van der Waals surface area contributed by atoms with E-state index in [0.29, 0.717) is 11.2 Å². The van der Waals surface area contributed by atoms with Crippen molar-refractivity contribution >= 4 is 11.6 Å². The van der Waals surface area contributed by atoms with Gasteiger partial charge in [0.25, 0.3) is 5.91 Å². The number of rotatable bonds is 4. The van der Waals surface area contributed by atoms with Gasteiger partial charge in [-0.05, 0) is 61.1 Å². The second kappa shape index (κ2) is 7.31. The lowest BCUT2D eigenvalue weighted by Gasteiger charge is -2.33. The van der Waals surface area contributed by atoms with E-state index < -0.39 is 0 Å². The molecule has 0 atom stereocenters. The number of aromatic nitrogens is 4. The molecule has 0 unspecified atom stereocenters. The molecule has 25 heavy (non-hydrogen) atoms. The number of amides is 1. The maximum Gasteiger partial charge on any atom is 0.255 e. The number of hydrogen-bond donors (Lipinski definition) is 1. The van der Waals surface area contributed by atoms with Crippen molar-refractivity contribution in [2.24, 2.45) is 0 Å². The minimum absolute atomic E-state index is 0.0890. The first-order chi connectivity index (χ1) is 12.3. The first kappa shape index (κ1) is 16.2. The Morgan fingerprint density at radius 1 is 1.28 bits per heavy atom. The third-order valence-electron chi connectivity index (χ3n) is 5.20. The van der Waals surface area contributed by atoms with Gasteiger partial charge in [-0.25, -0.2) is 0 Å². The Balaban J connectivity index is 1.32. The highest BCUT2D eigenvalue weighted by Gasteiger charge is 2.23. The van der Waals surface area contributed by atoms with Gasteiger partial charge in [0.1, 0.15) is 0 Å². The van der Waals surface area contributed by atoms with Crippen molar-refractivity contribution in [1.29, 1.82) is 0 Å². The lowest BCUT2D eigenvalue weighted by Crippen LogP contribution is -2.45. The Morgan fingerprint density at radius 2 is 2.16 bits per heavy atom. The van der Waals surface area contributed by atoms with Crippen LogP contribution in [0.3, 0.4) is 0 Å². The molecule has 2 aliphatic rings. The average Bonchev–Trinajstić information content (AvgIpc) is 3.13. The van der Waals surface area contributed by atoms with Gasteiger partial charge in [0.15, 0.2) is 5.65 Å². The van der Waals surface area contributed by atoms with Crippen molar-refractivity contribution in [3.63, 3.8) is 0 Å². The van der Waals surface area contributed by atoms with Gasteiger partial charge in [-0.3, -0.25) is 9.69 Å². The molecule has 1 amide bonds. The fourth-order valence-corrected chi connectivity index (χ4v) is 3.78. The summed E-state index contributed by atoms with van der Waals surface area (Å²) >= 11 is 0. The van der Waals surface area contributed by atoms with E-state index in [0.717, 1.165) is 32.5 Å². The van der Waals surface area contributed by atoms with Crippen molar-refractivity contribution in [2.45, 2.75) is 44.6 Å². The molecule has 7 nitrogen and oxygen atoms in total. The van der Waals surface area contributed by atoms with Crippen molar-refractivity contribution in [3.05, 3.63) is 35.5 Å². The molecule has 1 aliphatic heterocycles. The summed E-state index contributed by atoms with van der Waals surface area (Å²) in [5, 5.41) is 14.6. The molecule has 0 saturated carbocycles. The summed E-state index contributed by atoms with van der Waals surface area (Å²) in [6, 6.07) is 3.78. The van der Waals surface area contributed by atoms with Crippen LogP contribution >= 0.6 is 0 Å².